The van der Waals surface area contributed by atoms with Crippen molar-refractivity contribution in [2.24, 2.45) is 28.9 Å². The highest BCUT2D eigenvalue weighted by Gasteiger charge is 2.54. The minimum absolute atomic E-state index is 0.0419. The van der Waals surface area contributed by atoms with Crippen LogP contribution in [0.25, 0.3) is 0 Å². The van der Waals surface area contributed by atoms with Crippen LogP contribution in [0.4, 0.5) is 0 Å². The van der Waals surface area contributed by atoms with Crippen molar-refractivity contribution in [3.8, 4) is 17.2 Å². The standard InChI is InChI=1S/C23H29NO7/c1-28-17-6-16(7-18(29-2)21(17)30-12-20(24)26)22(27)31-11-19(25)23-8-13-3-14(9-23)5-15(4-13)10-23/h6-7,13-15H,3-5,8-12H2,1-2H3,(H2,24,26). The van der Waals surface area contributed by atoms with E-state index >= 15 is 0 Å². The van der Waals surface area contributed by atoms with E-state index in [1.165, 1.54) is 45.6 Å². The molecule has 0 unspecified atom stereocenters. The number of Topliss-reactive ketones (excluding diaryl/α,β-unsaturated/α-hetero) is 1. The predicted octanol–water partition coefficient (Wildman–Crippen LogP) is 2.51. The Hall–Kier alpha value is -2.77. The summed E-state index contributed by atoms with van der Waals surface area (Å²) in [5.41, 5.74) is 4.98. The monoisotopic (exact) mass is 431 g/mol. The molecule has 4 fully saturated rings. The van der Waals surface area contributed by atoms with Crippen LogP contribution in [0.5, 0.6) is 17.2 Å². The molecule has 0 heterocycles. The van der Waals surface area contributed by atoms with E-state index < -0.39 is 11.9 Å². The fourth-order valence-electron chi connectivity index (χ4n) is 6.10. The third-order valence-electron chi connectivity index (χ3n) is 7.02. The number of benzene rings is 1. The fraction of sp³-hybridized carbons (Fsp3) is 0.609. The highest BCUT2D eigenvalue weighted by Crippen LogP contribution is 2.60. The van der Waals surface area contributed by atoms with Gasteiger partial charge in [0.25, 0.3) is 5.91 Å². The molecule has 0 aromatic heterocycles. The quantitative estimate of drug-likeness (QED) is 0.598. The molecule has 1 aromatic rings. The second-order valence-electron chi connectivity index (χ2n) is 9.16. The Labute approximate surface area is 181 Å². The van der Waals surface area contributed by atoms with Gasteiger partial charge in [-0.15, -0.1) is 0 Å². The van der Waals surface area contributed by atoms with Crippen LogP contribution in [0.2, 0.25) is 0 Å². The van der Waals surface area contributed by atoms with Crippen molar-refractivity contribution in [1.29, 1.82) is 0 Å². The lowest BCUT2D eigenvalue weighted by atomic mass is 9.48. The summed E-state index contributed by atoms with van der Waals surface area (Å²) in [4.78, 5) is 36.8. The molecule has 0 aliphatic heterocycles. The number of primary amides is 1. The molecule has 0 saturated heterocycles. The van der Waals surface area contributed by atoms with Crippen molar-refractivity contribution in [2.45, 2.75) is 38.5 Å². The first-order chi connectivity index (χ1) is 14.8. The van der Waals surface area contributed by atoms with Crippen LogP contribution in [0.15, 0.2) is 12.1 Å². The smallest absolute Gasteiger partial charge is 0.338 e. The molecule has 4 aliphatic carbocycles. The number of carbonyl (C=O) groups is 3. The van der Waals surface area contributed by atoms with Gasteiger partial charge in [-0.1, -0.05) is 0 Å². The maximum absolute atomic E-state index is 13.1. The summed E-state index contributed by atoms with van der Waals surface area (Å²) in [5, 5.41) is 0. The van der Waals surface area contributed by atoms with Crippen LogP contribution in [0, 0.1) is 23.2 Å². The van der Waals surface area contributed by atoms with Gasteiger partial charge in [-0.25, -0.2) is 4.79 Å². The zero-order valence-corrected chi connectivity index (χ0v) is 18.0. The summed E-state index contributed by atoms with van der Waals surface area (Å²) in [6, 6.07) is 2.85. The third-order valence-corrected chi connectivity index (χ3v) is 7.02. The predicted molar refractivity (Wildman–Crippen MR) is 110 cm³/mol. The number of esters is 1. The molecule has 8 nitrogen and oxygen atoms in total. The number of hydrogen-bond donors (Lipinski definition) is 1. The highest BCUT2D eigenvalue weighted by atomic mass is 16.5. The Kier molecular flexibility index (Phi) is 5.81. The van der Waals surface area contributed by atoms with Gasteiger partial charge in [-0.2, -0.15) is 0 Å². The molecule has 4 aliphatic rings. The van der Waals surface area contributed by atoms with E-state index in [9.17, 15) is 14.4 Å². The normalized spacial score (nSPS) is 28.1. The minimum atomic E-state index is -0.657. The number of hydrogen-bond acceptors (Lipinski definition) is 7. The molecular formula is C23H29NO7. The van der Waals surface area contributed by atoms with Gasteiger partial charge in [-0.3, -0.25) is 9.59 Å². The molecule has 168 valence electrons. The van der Waals surface area contributed by atoms with E-state index in [4.69, 9.17) is 24.7 Å². The van der Waals surface area contributed by atoms with Crippen molar-refractivity contribution >= 4 is 17.7 Å². The van der Waals surface area contributed by atoms with Crippen molar-refractivity contribution in [3.05, 3.63) is 17.7 Å². The number of ether oxygens (including phenoxy) is 4. The number of carbonyl (C=O) groups excluding carboxylic acids is 3. The lowest BCUT2D eigenvalue weighted by Crippen LogP contribution is -2.51. The van der Waals surface area contributed by atoms with Crippen LogP contribution in [0.3, 0.4) is 0 Å². The first kappa shape index (κ1) is 21.5. The number of methoxy groups -OCH3 is 2. The van der Waals surface area contributed by atoms with Gasteiger partial charge < -0.3 is 24.7 Å². The van der Waals surface area contributed by atoms with E-state index in [0.717, 1.165) is 19.3 Å². The molecule has 0 radical (unpaired) electrons. The highest BCUT2D eigenvalue weighted by molar-refractivity contribution is 5.94. The second kappa shape index (κ2) is 8.40. The van der Waals surface area contributed by atoms with E-state index in [1.54, 1.807) is 0 Å². The maximum Gasteiger partial charge on any atom is 0.338 e. The molecule has 4 saturated carbocycles. The molecular weight excluding hydrogens is 402 g/mol. The Bertz CT molecular complexity index is 834. The average Bonchev–Trinajstić information content (AvgIpc) is 2.74. The number of ketones is 1. The first-order valence-electron chi connectivity index (χ1n) is 10.7. The van der Waals surface area contributed by atoms with E-state index in [0.29, 0.717) is 17.8 Å². The van der Waals surface area contributed by atoms with Gasteiger partial charge in [0.2, 0.25) is 5.75 Å². The Morgan fingerprint density at radius 2 is 1.45 bits per heavy atom. The molecule has 8 heteroatoms. The molecule has 5 rings (SSSR count). The Balaban J connectivity index is 1.45. The van der Waals surface area contributed by atoms with Crippen molar-refractivity contribution in [2.75, 3.05) is 27.4 Å². The molecule has 4 bridgehead atoms. The molecule has 1 amide bonds. The van der Waals surface area contributed by atoms with Crippen LogP contribution in [-0.4, -0.2) is 45.1 Å². The SMILES string of the molecule is COc1cc(C(=O)OCC(=O)C23CC4CC(CC(C4)C2)C3)cc(OC)c1OCC(N)=O. The van der Waals surface area contributed by atoms with Crippen LogP contribution >= 0.6 is 0 Å². The van der Waals surface area contributed by atoms with Gasteiger partial charge in [0.05, 0.1) is 19.8 Å². The molecule has 1 aromatic carbocycles. The largest absolute Gasteiger partial charge is 0.493 e. The fourth-order valence-corrected chi connectivity index (χ4v) is 6.10. The van der Waals surface area contributed by atoms with Gasteiger partial charge in [0.1, 0.15) is 0 Å². The lowest BCUT2D eigenvalue weighted by molar-refractivity contribution is -0.147. The van der Waals surface area contributed by atoms with E-state index in [1.807, 2.05) is 0 Å². The Morgan fingerprint density at radius 3 is 1.90 bits per heavy atom. The first-order valence-corrected chi connectivity index (χ1v) is 10.7. The summed E-state index contributed by atoms with van der Waals surface area (Å²) in [6.07, 6.45) is 6.54. The van der Waals surface area contributed by atoms with Gasteiger partial charge in [-0.05, 0) is 68.4 Å². The molecule has 31 heavy (non-hydrogen) atoms. The van der Waals surface area contributed by atoms with Gasteiger partial charge in [0, 0.05) is 5.41 Å². The zero-order valence-electron chi connectivity index (χ0n) is 18.0. The van der Waals surface area contributed by atoms with Crippen molar-refractivity contribution in [3.63, 3.8) is 0 Å². The zero-order chi connectivity index (χ0) is 22.2. The molecule has 0 atom stereocenters. The van der Waals surface area contributed by atoms with E-state index in [-0.39, 0.29) is 47.2 Å². The third kappa shape index (κ3) is 4.20. The van der Waals surface area contributed by atoms with Crippen molar-refractivity contribution in [1.82, 2.24) is 0 Å². The van der Waals surface area contributed by atoms with E-state index in [2.05, 4.69) is 0 Å². The van der Waals surface area contributed by atoms with Crippen LogP contribution in [0.1, 0.15) is 48.9 Å². The molecule has 2 N–H and O–H groups in total. The van der Waals surface area contributed by atoms with Gasteiger partial charge >= 0.3 is 5.97 Å². The number of nitrogens with two attached hydrogens (primary N) is 1. The summed E-state index contributed by atoms with van der Waals surface area (Å²) in [6.45, 7) is -0.592. The topological polar surface area (TPSA) is 114 Å². The van der Waals surface area contributed by atoms with Crippen molar-refractivity contribution < 1.29 is 33.3 Å². The maximum atomic E-state index is 13.1. The summed E-state index contributed by atoms with van der Waals surface area (Å²) in [7, 11) is 2.80. The summed E-state index contributed by atoms with van der Waals surface area (Å²) < 4.78 is 21.3. The second-order valence-corrected chi connectivity index (χ2v) is 9.16. The summed E-state index contributed by atoms with van der Waals surface area (Å²) in [5.74, 6) is 1.23. The van der Waals surface area contributed by atoms with Crippen LogP contribution in [-0.2, 0) is 14.3 Å². The Morgan fingerprint density at radius 1 is 0.935 bits per heavy atom. The summed E-state index contributed by atoms with van der Waals surface area (Å²) >= 11 is 0. The average molecular weight is 431 g/mol. The minimum Gasteiger partial charge on any atom is -0.493 e. The van der Waals surface area contributed by atoms with Gasteiger partial charge in [0.15, 0.2) is 30.5 Å². The number of rotatable bonds is 9. The van der Waals surface area contributed by atoms with Crippen LogP contribution < -0.4 is 19.9 Å². The number of amides is 1. The lowest BCUT2D eigenvalue weighted by Gasteiger charge is -2.55. The molecule has 0 spiro atoms.